The van der Waals surface area contributed by atoms with Gasteiger partial charge in [0.05, 0.1) is 6.04 Å². The number of nitrogens with zero attached hydrogens (tertiary/aromatic N) is 1. The molecule has 0 aromatic heterocycles. The van der Waals surface area contributed by atoms with Crippen LogP contribution in [0.2, 0.25) is 0 Å². The van der Waals surface area contributed by atoms with Gasteiger partial charge in [0, 0.05) is 6.54 Å². The van der Waals surface area contributed by atoms with Crippen LogP contribution in [0.5, 0.6) is 0 Å². The van der Waals surface area contributed by atoms with Crippen LogP contribution in [0, 0.1) is 17.3 Å². The van der Waals surface area contributed by atoms with Gasteiger partial charge in [-0.2, -0.15) is 12.6 Å². The highest BCUT2D eigenvalue weighted by atomic mass is 32.1. The monoisotopic (exact) mass is 691 g/mol. The highest BCUT2D eigenvalue weighted by molar-refractivity contribution is 7.79. The second-order valence-electron chi connectivity index (χ2n) is 13.9. The van der Waals surface area contributed by atoms with E-state index >= 15 is 0 Å². The molecule has 48 heavy (non-hydrogen) atoms. The van der Waals surface area contributed by atoms with Gasteiger partial charge in [0.25, 0.3) is 5.91 Å². The third kappa shape index (κ3) is 14.2. The van der Waals surface area contributed by atoms with Crippen LogP contribution < -0.4 is 21.7 Å². The average Bonchev–Trinajstić information content (AvgIpc) is 3.50. The van der Waals surface area contributed by atoms with E-state index in [9.17, 15) is 28.8 Å². The highest BCUT2D eigenvalue weighted by Gasteiger charge is 2.43. The van der Waals surface area contributed by atoms with Crippen molar-refractivity contribution in [1.29, 1.82) is 0 Å². The molecule has 1 aliphatic carbocycles. The third-order valence-electron chi connectivity index (χ3n) is 7.87. The third-order valence-corrected chi connectivity index (χ3v) is 7.87. The number of hydrogen-bond donors (Lipinski definition) is 5. The van der Waals surface area contributed by atoms with Crippen LogP contribution in [0.25, 0.3) is 0 Å². The molecule has 4 atom stereocenters. The van der Waals surface area contributed by atoms with Crippen LogP contribution in [0.4, 0.5) is 4.79 Å². The van der Waals surface area contributed by atoms with Crippen LogP contribution in [-0.4, -0.2) is 77.9 Å². The maximum Gasteiger partial charge on any atom is 0.326 e. The zero-order valence-electron chi connectivity index (χ0n) is 29.8. The van der Waals surface area contributed by atoms with E-state index in [1.54, 1.807) is 34.0 Å². The molecule has 12 nitrogen and oxygen atoms in total. The second-order valence-corrected chi connectivity index (χ2v) is 13.9. The number of amides is 5. The van der Waals surface area contributed by atoms with E-state index < -0.39 is 71.7 Å². The van der Waals surface area contributed by atoms with Gasteiger partial charge in [0.15, 0.2) is 0 Å². The molecule has 0 bridgehead atoms. The van der Waals surface area contributed by atoms with E-state index in [1.807, 2.05) is 30.3 Å². The van der Waals surface area contributed by atoms with Gasteiger partial charge in [0.2, 0.25) is 17.6 Å². The standard InChI is InChI=1S/C30H43N5O7.C4H10.CH4S/c1-18(20-12-6-5-7-13-20)42-23(36)17-32-29(41)34-25(30(2,3)4)28(40)35-15-9-14-22(35)27(39)33-21(24(37)26(31)38)16-19-10-8-11-19;1-4(2)3;1-2/h5-7,12-13,18-19,21-22,25H,8-11,14-17H2,1-4H3,(H2,31,38)(H,33,39)(H2,32,34,41);4H,1-3H3;2H,1H3. The second kappa shape index (κ2) is 20.7. The van der Waals surface area contributed by atoms with Gasteiger partial charge in [-0.3, -0.25) is 24.0 Å². The Balaban J connectivity index is 0.00000178. The zero-order valence-corrected chi connectivity index (χ0v) is 30.7. The first kappa shape index (κ1) is 42.4. The van der Waals surface area contributed by atoms with E-state index in [2.05, 4.69) is 49.4 Å². The summed E-state index contributed by atoms with van der Waals surface area (Å²) in [7, 11) is 0. The molecule has 0 spiro atoms. The van der Waals surface area contributed by atoms with Crippen LogP contribution in [0.15, 0.2) is 30.3 Å². The Bertz CT molecular complexity index is 1210. The summed E-state index contributed by atoms with van der Waals surface area (Å²) in [4.78, 5) is 77.5. The number of urea groups is 1. The molecule has 13 heteroatoms. The van der Waals surface area contributed by atoms with Gasteiger partial charge < -0.3 is 31.3 Å². The van der Waals surface area contributed by atoms with Crippen molar-refractivity contribution in [2.45, 2.75) is 111 Å². The minimum Gasteiger partial charge on any atom is -0.456 e. The van der Waals surface area contributed by atoms with E-state index in [1.165, 1.54) is 4.90 Å². The minimum atomic E-state index is -1.11. The van der Waals surface area contributed by atoms with Gasteiger partial charge >= 0.3 is 12.0 Å². The topological polar surface area (TPSA) is 177 Å². The Hall–Kier alpha value is -3.61. The van der Waals surface area contributed by atoms with Crippen molar-refractivity contribution < 1.29 is 33.5 Å². The largest absolute Gasteiger partial charge is 0.456 e. The molecule has 1 aliphatic heterocycles. The van der Waals surface area contributed by atoms with E-state index in [-0.39, 0.29) is 12.5 Å². The maximum absolute atomic E-state index is 13.7. The minimum absolute atomic E-state index is 0.228. The fourth-order valence-electron chi connectivity index (χ4n) is 5.22. The molecular formula is C35H57N5O7S. The molecule has 5 N–H and O–H groups in total. The molecule has 2 aliphatic rings. The van der Waals surface area contributed by atoms with Crippen LogP contribution >= 0.6 is 12.6 Å². The van der Waals surface area contributed by atoms with Crippen molar-refractivity contribution >= 4 is 48.1 Å². The van der Waals surface area contributed by atoms with Crippen molar-refractivity contribution in [2.75, 3.05) is 19.3 Å². The van der Waals surface area contributed by atoms with Crippen LogP contribution in [0.1, 0.15) is 98.7 Å². The Morgan fingerprint density at radius 3 is 2.02 bits per heavy atom. The maximum atomic E-state index is 13.7. The van der Waals surface area contributed by atoms with Gasteiger partial charge in [-0.1, -0.05) is 91.1 Å². The average molecular weight is 692 g/mol. The van der Waals surface area contributed by atoms with E-state index in [0.29, 0.717) is 19.3 Å². The fourth-order valence-corrected chi connectivity index (χ4v) is 5.22. The molecule has 1 aromatic carbocycles. The lowest BCUT2D eigenvalue weighted by Crippen LogP contribution is -2.60. The van der Waals surface area contributed by atoms with Crippen molar-refractivity contribution in [3.8, 4) is 0 Å². The van der Waals surface area contributed by atoms with Crippen LogP contribution in [0.3, 0.4) is 0 Å². The molecule has 5 amide bonds. The van der Waals surface area contributed by atoms with Gasteiger partial charge in [0.1, 0.15) is 24.7 Å². The van der Waals surface area contributed by atoms with Gasteiger partial charge in [-0.25, -0.2) is 4.79 Å². The number of likely N-dealkylation sites (tertiary alicyclic amines) is 1. The SMILES string of the molecule is CC(C)C.CC(OC(=O)CNC(=O)NC(C(=O)N1CCCC1C(=O)NC(CC1CCC1)C(=O)C(N)=O)C(C)(C)C)c1ccccc1.CS. The number of nitrogens with two attached hydrogens (primary N) is 1. The van der Waals surface area contributed by atoms with Crippen molar-refractivity contribution in [3.63, 3.8) is 0 Å². The summed E-state index contributed by atoms with van der Waals surface area (Å²) in [5, 5.41) is 7.76. The normalized spacial score (nSPS) is 17.5. The predicted molar refractivity (Wildman–Crippen MR) is 189 cm³/mol. The number of rotatable bonds is 12. The van der Waals surface area contributed by atoms with Crippen molar-refractivity contribution in [2.24, 2.45) is 23.0 Å². The molecular weight excluding hydrogens is 634 g/mol. The van der Waals surface area contributed by atoms with Crippen molar-refractivity contribution in [3.05, 3.63) is 35.9 Å². The smallest absolute Gasteiger partial charge is 0.326 e. The number of benzene rings is 1. The number of esters is 1. The molecule has 2 fully saturated rings. The van der Waals surface area contributed by atoms with E-state index in [0.717, 1.165) is 30.7 Å². The lowest BCUT2D eigenvalue weighted by molar-refractivity contribution is -0.147. The first-order valence-corrected chi connectivity index (χ1v) is 17.6. The molecule has 1 saturated heterocycles. The Morgan fingerprint density at radius 1 is 0.938 bits per heavy atom. The summed E-state index contributed by atoms with van der Waals surface area (Å²) in [6.07, 6.45) is 5.30. The number of hydrogen-bond acceptors (Lipinski definition) is 8. The first-order valence-electron chi connectivity index (χ1n) is 16.7. The molecule has 3 rings (SSSR count). The number of carbonyl (C=O) groups is 6. The van der Waals surface area contributed by atoms with E-state index in [4.69, 9.17) is 10.5 Å². The Morgan fingerprint density at radius 2 is 1.52 bits per heavy atom. The zero-order chi connectivity index (χ0) is 36.6. The number of thiol groups is 1. The molecule has 4 unspecified atom stereocenters. The number of Topliss-reactive ketones (excluding diaryl/α,β-unsaturated/α-hetero) is 1. The van der Waals surface area contributed by atoms with Gasteiger partial charge in [-0.15, -0.1) is 0 Å². The number of ketones is 1. The quantitative estimate of drug-likeness (QED) is 0.125. The fraction of sp³-hybridized carbons (Fsp3) is 0.657. The number of carbonyl (C=O) groups excluding carboxylic acids is 6. The summed E-state index contributed by atoms with van der Waals surface area (Å²) in [6.45, 7) is 13.4. The Labute approximate surface area is 291 Å². The highest BCUT2D eigenvalue weighted by Crippen LogP contribution is 2.31. The predicted octanol–water partition coefficient (Wildman–Crippen LogP) is 3.93. The molecule has 0 radical (unpaired) electrons. The summed E-state index contributed by atoms with van der Waals surface area (Å²) in [5.41, 5.74) is 5.30. The number of primary amides is 1. The number of nitrogens with one attached hydrogen (secondary N) is 3. The molecule has 270 valence electrons. The molecule has 1 aromatic rings. The summed E-state index contributed by atoms with van der Waals surface area (Å²) < 4.78 is 5.37. The molecule has 1 heterocycles. The van der Waals surface area contributed by atoms with Crippen molar-refractivity contribution in [1.82, 2.24) is 20.9 Å². The summed E-state index contributed by atoms with van der Waals surface area (Å²) >= 11 is 3.53. The lowest BCUT2D eigenvalue weighted by Gasteiger charge is -2.36. The molecule has 1 saturated carbocycles. The number of ether oxygens (including phenoxy) is 1. The summed E-state index contributed by atoms with van der Waals surface area (Å²) in [5.74, 6) is -2.54. The lowest BCUT2D eigenvalue weighted by atomic mass is 9.80. The Kier molecular flexibility index (Phi) is 18.3. The van der Waals surface area contributed by atoms with Crippen LogP contribution in [-0.2, 0) is 28.7 Å². The van der Waals surface area contributed by atoms with Gasteiger partial charge in [-0.05, 0) is 55.3 Å². The first-order chi connectivity index (χ1) is 22.5. The summed E-state index contributed by atoms with van der Waals surface area (Å²) in [6, 6.07) is 5.50.